The molecule has 1 fully saturated rings. The summed E-state index contributed by atoms with van der Waals surface area (Å²) in [4.78, 5) is 12.6. The molecule has 0 amide bonds. The van der Waals surface area contributed by atoms with E-state index >= 15 is 0 Å². The van der Waals surface area contributed by atoms with Crippen molar-refractivity contribution < 1.29 is 18.7 Å². The average Bonchev–Trinajstić information content (AvgIpc) is 2.65. The van der Waals surface area contributed by atoms with Gasteiger partial charge in [-0.15, -0.1) is 0 Å². The second-order valence-electron chi connectivity index (χ2n) is 7.22. The molecule has 3 rings (SSSR count). The average molecular weight is 373 g/mol. The Morgan fingerprint density at radius 3 is 2.56 bits per heavy atom. The molecule has 27 heavy (non-hydrogen) atoms. The maximum absolute atomic E-state index is 13.3. The van der Waals surface area contributed by atoms with Gasteiger partial charge in [0, 0.05) is 25.1 Å². The van der Waals surface area contributed by atoms with Crippen molar-refractivity contribution in [3.63, 3.8) is 0 Å². The van der Waals surface area contributed by atoms with Crippen LogP contribution in [-0.4, -0.2) is 29.6 Å². The highest BCUT2D eigenvalue weighted by Gasteiger charge is 2.32. The molecule has 0 bridgehead atoms. The van der Waals surface area contributed by atoms with Gasteiger partial charge in [-0.25, -0.2) is 8.78 Å². The predicted molar refractivity (Wildman–Crippen MR) is 101 cm³/mol. The summed E-state index contributed by atoms with van der Waals surface area (Å²) in [6, 6.07) is 11.1. The fraction of sp³-hybridized carbons (Fsp3) is 0.409. The maximum atomic E-state index is 13.3. The van der Waals surface area contributed by atoms with Crippen molar-refractivity contribution >= 4 is 5.78 Å². The van der Waals surface area contributed by atoms with Crippen molar-refractivity contribution in [3.8, 4) is 0 Å². The van der Waals surface area contributed by atoms with Gasteiger partial charge in [0.15, 0.2) is 0 Å². The first-order chi connectivity index (χ1) is 13.0. The van der Waals surface area contributed by atoms with E-state index in [0.29, 0.717) is 24.9 Å². The molecule has 0 aliphatic carbocycles. The molecule has 144 valence electrons. The Morgan fingerprint density at radius 2 is 1.89 bits per heavy atom. The smallest absolute Gasteiger partial charge is 0.143 e. The Balaban J connectivity index is 1.57. The Hall–Kier alpha value is -2.11. The summed E-state index contributed by atoms with van der Waals surface area (Å²) in [7, 11) is 0. The van der Waals surface area contributed by atoms with Crippen LogP contribution in [0.15, 0.2) is 42.5 Å². The molecule has 5 heteroatoms. The molecule has 0 spiro atoms. The molecular weight excluding hydrogens is 348 g/mol. The molecule has 2 aromatic carbocycles. The van der Waals surface area contributed by atoms with E-state index < -0.39 is 17.7 Å². The summed E-state index contributed by atoms with van der Waals surface area (Å²) in [5, 5.41) is 13.7. The van der Waals surface area contributed by atoms with Crippen LogP contribution in [0.25, 0.3) is 0 Å². The molecular formula is C22H25F2NO2. The number of aliphatic hydroxyl groups is 1. The van der Waals surface area contributed by atoms with Gasteiger partial charge in [0.05, 0.1) is 12.0 Å². The van der Waals surface area contributed by atoms with Crippen LogP contribution in [0.4, 0.5) is 8.78 Å². The maximum Gasteiger partial charge on any atom is 0.143 e. The van der Waals surface area contributed by atoms with Crippen LogP contribution in [0.3, 0.4) is 0 Å². The molecule has 0 radical (unpaired) electrons. The number of carbonyl (C=O) groups is 1. The number of hydrogen-bond donors (Lipinski definition) is 2. The molecule has 2 N–H and O–H groups in total. The van der Waals surface area contributed by atoms with Crippen molar-refractivity contribution in [2.45, 2.75) is 50.7 Å². The van der Waals surface area contributed by atoms with E-state index in [9.17, 15) is 18.7 Å². The Morgan fingerprint density at radius 1 is 1.15 bits per heavy atom. The largest absolute Gasteiger partial charge is 0.391 e. The number of Topliss-reactive ketones (excluding diaryl/α,β-unsaturated/α-hetero) is 1. The molecule has 1 saturated heterocycles. The van der Waals surface area contributed by atoms with Crippen molar-refractivity contribution in [1.82, 2.24) is 5.32 Å². The molecule has 0 aromatic heterocycles. The van der Waals surface area contributed by atoms with Crippen molar-refractivity contribution in [2.24, 2.45) is 0 Å². The lowest BCUT2D eigenvalue weighted by Gasteiger charge is -2.32. The number of carbonyl (C=O) groups excluding carboxylic acids is 1. The van der Waals surface area contributed by atoms with Gasteiger partial charge in [-0.3, -0.25) is 4.79 Å². The second kappa shape index (κ2) is 8.72. The summed E-state index contributed by atoms with van der Waals surface area (Å²) in [5.41, 5.74) is 2.71. The minimum Gasteiger partial charge on any atom is -0.391 e. The lowest BCUT2D eigenvalue weighted by Crippen LogP contribution is -2.49. The summed E-state index contributed by atoms with van der Waals surface area (Å²) >= 11 is 0. The molecule has 0 saturated carbocycles. The topological polar surface area (TPSA) is 49.3 Å². The molecule has 3 unspecified atom stereocenters. The summed E-state index contributed by atoms with van der Waals surface area (Å²) in [6.07, 6.45) is 1.11. The number of hydrogen-bond acceptors (Lipinski definition) is 3. The van der Waals surface area contributed by atoms with Gasteiger partial charge in [0.25, 0.3) is 0 Å². The van der Waals surface area contributed by atoms with Crippen LogP contribution < -0.4 is 5.32 Å². The standard InChI is InChI=1S/C22H25F2NO2/c1-2-14-4-3-5-16(8-14)19-13-25-20(12-22(19)27)21(26)7-6-15-9-17(23)11-18(24)10-15/h3-5,8-11,19-21,25-26H,2,6-7,12-13H2,1H3. The van der Waals surface area contributed by atoms with E-state index in [-0.39, 0.29) is 24.2 Å². The summed E-state index contributed by atoms with van der Waals surface area (Å²) < 4.78 is 26.5. The molecule has 1 heterocycles. The molecule has 1 aliphatic heterocycles. The van der Waals surface area contributed by atoms with Crippen LogP contribution in [0, 0.1) is 11.6 Å². The van der Waals surface area contributed by atoms with Crippen LogP contribution in [0.5, 0.6) is 0 Å². The predicted octanol–water partition coefficient (Wildman–Crippen LogP) is 3.54. The normalized spacial score (nSPS) is 21.3. The number of benzene rings is 2. The van der Waals surface area contributed by atoms with E-state index in [1.54, 1.807) is 0 Å². The molecule has 1 aliphatic rings. The zero-order valence-electron chi connectivity index (χ0n) is 15.4. The van der Waals surface area contributed by atoms with E-state index in [1.165, 1.54) is 17.7 Å². The second-order valence-corrected chi connectivity index (χ2v) is 7.22. The highest BCUT2D eigenvalue weighted by Crippen LogP contribution is 2.25. The van der Waals surface area contributed by atoms with E-state index in [0.717, 1.165) is 18.1 Å². The van der Waals surface area contributed by atoms with Crippen molar-refractivity contribution in [2.75, 3.05) is 6.54 Å². The zero-order valence-corrected chi connectivity index (χ0v) is 15.4. The number of halogens is 2. The zero-order chi connectivity index (χ0) is 19.4. The Kier molecular flexibility index (Phi) is 6.34. The lowest BCUT2D eigenvalue weighted by molar-refractivity contribution is -0.123. The van der Waals surface area contributed by atoms with Gasteiger partial charge < -0.3 is 10.4 Å². The third kappa shape index (κ3) is 4.99. The van der Waals surface area contributed by atoms with Crippen molar-refractivity contribution in [1.29, 1.82) is 0 Å². The first-order valence-electron chi connectivity index (χ1n) is 9.44. The SMILES string of the molecule is CCc1cccc(C2CNC(C(O)CCc3cc(F)cc(F)c3)CC2=O)c1. The number of aryl methyl sites for hydroxylation is 2. The minimum atomic E-state index is -0.747. The van der Waals surface area contributed by atoms with Crippen LogP contribution in [0.2, 0.25) is 0 Å². The fourth-order valence-corrected chi connectivity index (χ4v) is 3.69. The third-order valence-electron chi connectivity index (χ3n) is 5.27. The highest BCUT2D eigenvalue weighted by molar-refractivity contribution is 5.87. The Bertz CT molecular complexity index is 788. The number of aliphatic hydroxyl groups excluding tert-OH is 1. The van der Waals surface area contributed by atoms with Gasteiger partial charge in [-0.05, 0) is 48.1 Å². The van der Waals surface area contributed by atoms with E-state index in [1.807, 2.05) is 18.2 Å². The van der Waals surface area contributed by atoms with E-state index in [2.05, 4.69) is 18.3 Å². The van der Waals surface area contributed by atoms with Gasteiger partial charge in [0.2, 0.25) is 0 Å². The molecule has 3 atom stereocenters. The lowest BCUT2D eigenvalue weighted by atomic mass is 9.84. The monoisotopic (exact) mass is 373 g/mol. The van der Waals surface area contributed by atoms with Gasteiger partial charge in [-0.1, -0.05) is 31.2 Å². The van der Waals surface area contributed by atoms with E-state index in [4.69, 9.17) is 0 Å². The first kappa shape index (κ1) is 19.6. The molecule has 2 aromatic rings. The number of piperidine rings is 1. The third-order valence-corrected chi connectivity index (χ3v) is 5.27. The quantitative estimate of drug-likeness (QED) is 0.814. The van der Waals surface area contributed by atoms with Crippen LogP contribution in [0.1, 0.15) is 42.4 Å². The highest BCUT2D eigenvalue weighted by atomic mass is 19.1. The van der Waals surface area contributed by atoms with Gasteiger partial charge >= 0.3 is 0 Å². The first-order valence-corrected chi connectivity index (χ1v) is 9.44. The number of rotatable bonds is 6. The van der Waals surface area contributed by atoms with Gasteiger partial charge in [0.1, 0.15) is 17.4 Å². The minimum absolute atomic E-state index is 0.114. The fourth-order valence-electron chi connectivity index (χ4n) is 3.69. The number of ketones is 1. The van der Waals surface area contributed by atoms with Crippen LogP contribution >= 0.6 is 0 Å². The molecule has 3 nitrogen and oxygen atoms in total. The summed E-state index contributed by atoms with van der Waals surface area (Å²) in [6.45, 7) is 2.57. The summed E-state index contributed by atoms with van der Waals surface area (Å²) in [5.74, 6) is -1.33. The Labute approximate surface area is 158 Å². The number of nitrogens with one attached hydrogen (secondary N) is 1. The van der Waals surface area contributed by atoms with Crippen molar-refractivity contribution in [3.05, 3.63) is 70.8 Å². The van der Waals surface area contributed by atoms with Crippen LogP contribution in [-0.2, 0) is 17.6 Å². The van der Waals surface area contributed by atoms with Gasteiger partial charge in [-0.2, -0.15) is 0 Å².